The van der Waals surface area contributed by atoms with Gasteiger partial charge in [-0.25, -0.2) is 0 Å². The number of carbonyl (C=O) groups excluding carboxylic acids is 1. The Kier molecular flexibility index (Phi) is 2.04. The minimum absolute atomic E-state index is 0.0567. The van der Waals surface area contributed by atoms with Gasteiger partial charge in [0.2, 0.25) is 5.91 Å². The topological polar surface area (TPSA) is 41.1 Å². The Morgan fingerprint density at radius 1 is 1.50 bits per heavy atom. The molecule has 3 nitrogen and oxygen atoms in total. The van der Waals surface area contributed by atoms with Crippen molar-refractivity contribution in [2.45, 2.75) is 23.6 Å². The Morgan fingerprint density at radius 2 is 2.25 bits per heavy atom. The summed E-state index contributed by atoms with van der Waals surface area (Å²) in [5, 5.41) is 6.19. The molecular weight excluding hydrogens is 172 g/mol. The van der Waals surface area contributed by atoms with E-state index in [1.807, 2.05) is 11.8 Å². The summed E-state index contributed by atoms with van der Waals surface area (Å²) in [6.45, 7) is 1.69. The van der Waals surface area contributed by atoms with Crippen molar-refractivity contribution in [3.8, 4) is 0 Å². The molecule has 2 rings (SSSR count). The molecule has 0 aromatic heterocycles. The van der Waals surface area contributed by atoms with Crippen LogP contribution < -0.4 is 10.6 Å². The van der Waals surface area contributed by atoms with Crippen molar-refractivity contribution in [2.24, 2.45) is 0 Å². The van der Waals surface area contributed by atoms with Gasteiger partial charge in [-0.05, 0) is 19.1 Å². The second-order valence-corrected chi connectivity index (χ2v) is 4.67. The molecule has 1 saturated carbocycles. The molecule has 2 fully saturated rings. The molecule has 0 aromatic rings. The van der Waals surface area contributed by atoms with E-state index in [9.17, 15) is 4.79 Å². The predicted molar refractivity (Wildman–Crippen MR) is 50.3 cm³/mol. The van der Waals surface area contributed by atoms with Gasteiger partial charge in [0.15, 0.2) is 0 Å². The van der Waals surface area contributed by atoms with Crippen molar-refractivity contribution >= 4 is 17.7 Å². The molecule has 4 heteroatoms. The number of rotatable bonds is 2. The zero-order valence-corrected chi connectivity index (χ0v) is 8.04. The van der Waals surface area contributed by atoms with Gasteiger partial charge >= 0.3 is 0 Å². The smallest absolute Gasteiger partial charge is 0.238 e. The molecule has 12 heavy (non-hydrogen) atoms. The fraction of sp³-hybridized carbons (Fsp3) is 0.875. The molecule has 2 aliphatic rings. The van der Waals surface area contributed by atoms with Crippen LogP contribution in [-0.4, -0.2) is 36.0 Å². The largest absolute Gasteiger partial charge is 0.353 e. The number of hydrogen-bond donors (Lipinski definition) is 2. The van der Waals surface area contributed by atoms with Crippen LogP contribution in [0.1, 0.15) is 12.8 Å². The molecule has 1 saturated heterocycles. The van der Waals surface area contributed by atoms with Gasteiger partial charge in [-0.15, -0.1) is 0 Å². The average molecular weight is 186 g/mol. The normalized spacial score (nSPS) is 32.8. The number of piperazine rings is 1. The van der Waals surface area contributed by atoms with Gasteiger partial charge in [-0.2, -0.15) is 11.8 Å². The molecular formula is C8H14N2OS. The maximum atomic E-state index is 11.5. The lowest BCUT2D eigenvalue weighted by atomic mass is 10.1. The summed E-state index contributed by atoms with van der Waals surface area (Å²) in [5.41, 5.74) is 0. The number of carbonyl (C=O) groups is 1. The quantitative estimate of drug-likeness (QED) is 0.636. The zero-order valence-electron chi connectivity index (χ0n) is 7.22. The Bertz CT molecular complexity index is 203. The van der Waals surface area contributed by atoms with E-state index in [0.29, 0.717) is 0 Å². The average Bonchev–Trinajstić information content (AvgIpc) is 2.86. The van der Waals surface area contributed by atoms with E-state index in [-0.39, 0.29) is 16.7 Å². The van der Waals surface area contributed by atoms with Crippen molar-refractivity contribution in [1.29, 1.82) is 0 Å². The Hall–Kier alpha value is -0.220. The van der Waals surface area contributed by atoms with E-state index in [0.717, 1.165) is 13.1 Å². The highest BCUT2D eigenvalue weighted by molar-refractivity contribution is 8.00. The summed E-state index contributed by atoms with van der Waals surface area (Å²) in [7, 11) is 0. The molecule has 2 N–H and O–H groups in total. The molecule has 68 valence electrons. The Balaban J connectivity index is 2.06. The highest BCUT2D eigenvalue weighted by Crippen LogP contribution is 2.50. The van der Waals surface area contributed by atoms with E-state index < -0.39 is 0 Å². The van der Waals surface area contributed by atoms with E-state index in [1.165, 1.54) is 12.8 Å². The lowest BCUT2D eigenvalue weighted by Gasteiger charge is -2.29. The van der Waals surface area contributed by atoms with Crippen LogP contribution in [0, 0.1) is 0 Å². The second-order valence-electron chi connectivity index (χ2n) is 3.45. The fourth-order valence-corrected chi connectivity index (χ4v) is 2.69. The highest BCUT2D eigenvalue weighted by atomic mass is 32.2. The summed E-state index contributed by atoms with van der Waals surface area (Å²) >= 11 is 1.83. The first kappa shape index (κ1) is 8.38. The lowest BCUT2D eigenvalue weighted by molar-refractivity contribution is -0.124. The third-order valence-electron chi connectivity index (χ3n) is 2.71. The second kappa shape index (κ2) is 2.92. The van der Waals surface area contributed by atoms with Crippen LogP contribution in [0.4, 0.5) is 0 Å². The van der Waals surface area contributed by atoms with Crippen molar-refractivity contribution in [2.75, 3.05) is 19.3 Å². The van der Waals surface area contributed by atoms with Crippen molar-refractivity contribution in [3.63, 3.8) is 0 Å². The minimum atomic E-state index is 0.0567. The molecule has 0 bridgehead atoms. The monoisotopic (exact) mass is 186 g/mol. The molecule has 1 aliphatic carbocycles. The summed E-state index contributed by atoms with van der Waals surface area (Å²) in [6.07, 6.45) is 4.45. The van der Waals surface area contributed by atoms with Crippen molar-refractivity contribution in [3.05, 3.63) is 0 Å². The van der Waals surface area contributed by atoms with Crippen LogP contribution >= 0.6 is 11.8 Å². The van der Waals surface area contributed by atoms with Gasteiger partial charge in [0.1, 0.15) is 6.04 Å². The standard InChI is InChI=1S/C8H14N2OS/c1-12-8(2-3-8)6-7(11)10-5-4-9-6/h6,9H,2-5H2,1H3,(H,10,11). The minimum Gasteiger partial charge on any atom is -0.353 e. The predicted octanol–water partition coefficient (Wildman–Crippen LogP) is -0.0300. The molecule has 0 aromatic carbocycles. The van der Waals surface area contributed by atoms with E-state index >= 15 is 0 Å². The van der Waals surface area contributed by atoms with Gasteiger partial charge < -0.3 is 10.6 Å². The first-order valence-electron chi connectivity index (χ1n) is 4.35. The molecule has 1 heterocycles. The number of amides is 1. The fourth-order valence-electron chi connectivity index (χ4n) is 1.76. The van der Waals surface area contributed by atoms with Gasteiger partial charge in [0.25, 0.3) is 0 Å². The maximum absolute atomic E-state index is 11.5. The molecule has 0 spiro atoms. The zero-order chi connectivity index (χ0) is 8.60. The third kappa shape index (κ3) is 1.23. The highest BCUT2D eigenvalue weighted by Gasteiger charge is 2.52. The van der Waals surface area contributed by atoms with Crippen LogP contribution in [-0.2, 0) is 4.79 Å². The summed E-state index contributed by atoms with van der Waals surface area (Å²) in [5.74, 6) is 0.188. The van der Waals surface area contributed by atoms with E-state index in [4.69, 9.17) is 0 Å². The van der Waals surface area contributed by atoms with Crippen LogP contribution in [0.2, 0.25) is 0 Å². The molecule has 1 amide bonds. The number of nitrogens with one attached hydrogen (secondary N) is 2. The van der Waals surface area contributed by atoms with Gasteiger partial charge in [-0.3, -0.25) is 4.79 Å². The SMILES string of the molecule is CSC1(C2NCCNC2=O)CC1. The summed E-state index contributed by atoms with van der Waals surface area (Å²) in [6, 6.07) is 0.0567. The van der Waals surface area contributed by atoms with Crippen LogP contribution in [0.3, 0.4) is 0 Å². The summed E-state index contributed by atoms with van der Waals surface area (Å²) in [4.78, 5) is 11.5. The number of thioether (sulfide) groups is 1. The van der Waals surface area contributed by atoms with Crippen molar-refractivity contribution < 1.29 is 4.79 Å². The van der Waals surface area contributed by atoms with Crippen molar-refractivity contribution in [1.82, 2.24) is 10.6 Å². The molecule has 1 unspecified atom stereocenters. The van der Waals surface area contributed by atoms with Crippen LogP contribution in [0.15, 0.2) is 0 Å². The summed E-state index contributed by atoms with van der Waals surface area (Å²) < 4.78 is 0.227. The Morgan fingerprint density at radius 3 is 2.75 bits per heavy atom. The lowest BCUT2D eigenvalue weighted by Crippen LogP contribution is -2.58. The molecule has 0 radical (unpaired) electrons. The van der Waals surface area contributed by atoms with Crippen LogP contribution in [0.25, 0.3) is 0 Å². The van der Waals surface area contributed by atoms with Crippen LogP contribution in [0.5, 0.6) is 0 Å². The van der Waals surface area contributed by atoms with E-state index in [2.05, 4.69) is 16.9 Å². The van der Waals surface area contributed by atoms with Gasteiger partial charge in [0, 0.05) is 17.8 Å². The maximum Gasteiger partial charge on any atom is 0.238 e. The Labute approximate surface area is 76.7 Å². The number of hydrogen-bond acceptors (Lipinski definition) is 3. The first-order chi connectivity index (χ1) is 5.78. The third-order valence-corrected chi connectivity index (χ3v) is 4.17. The van der Waals surface area contributed by atoms with Gasteiger partial charge in [0.05, 0.1) is 0 Å². The molecule has 1 atom stereocenters. The molecule has 1 aliphatic heterocycles. The van der Waals surface area contributed by atoms with E-state index in [1.54, 1.807) is 0 Å². The first-order valence-corrected chi connectivity index (χ1v) is 5.57. The van der Waals surface area contributed by atoms with Gasteiger partial charge in [-0.1, -0.05) is 0 Å².